The van der Waals surface area contributed by atoms with Gasteiger partial charge in [-0.2, -0.15) is 0 Å². The monoisotopic (exact) mass is 552 g/mol. The van der Waals surface area contributed by atoms with Crippen LogP contribution < -0.4 is 20.7 Å². The van der Waals surface area contributed by atoms with Gasteiger partial charge in [0.15, 0.2) is 0 Å². The third kappa shape index (κ3) is 7.81. The molecule has 9 heteroatoms. The largest absolute Gasteiger partial charge is 0.489 e. The van der Waals surface area contributed by atoms with Gasteiger partial charge in [-0.05, 0) is 81.7 Å². The highest BCUT2D eigenvalue weighted by Crippen LogP contribution is 2.33. The van der Waals surface area contributed by atoms with Gasteiger partial charge in [0.2, 0.25) is 17.7 Å². The Kier molecular flexibility index (Phi) is 9.79. The molecule has 8 nitrogen and oxygen atoms in total. The van der Waals surface area contributed by atoms with Gasteiger partial charge in [0.25, 0.3) is 0 Å². The second kappa shape index (κ2) is 13.3. The Hall–Kier alpha value is -3.46. The lowest BCUT2D eigenvalue weighted by Gasteiger charge is -2.31. The number of hydrogen-bond donors (Lipinski definition) is 3. The maximum Gasteiger partial charge on any atom is 0.243 e. The van der Waals surface area contributed by atoms with Crippen molar-refractivity contribution < 1.29 is 23.5 Å². The van der Waals surface area contributed by atoms with Gasteiger partial charge in [0.05, 0.1) is 6.04 Å². The van der Waals surface area contributed by atoms with E-state index >= 15 is 0 Å². The topological polar surface area (TPSA) is 99.8 Å². The normalized spacial score (nSPS) is 27.5. The minimum Gasteiger partial charge on any atom is -0.489 e. The molecule has 2 aromatic carbocycles. The molecule has 0 unspecified atom stereocenters. The predicted octanol–water partition coefficient (Wildman–Crippen LogP) is 2.99. The molecule has 4 rings (SSSR count). The molecular formula is C31H41FN4O4. The fraction of sp³-hybridized carbons (Fsp3) is 0.516. The van der Waals surface area contributed by atoms with Crippen molar-refractivity contribution in [2.75, 3.05) is 13.6 Å². The molecule has 1 heterocycles. The number of benzene rings is 2. The van der Waals surface area contributed by atoms with E-state index in [1.165, 1.54) is 17.0 Å². The second-order valence-corrected chi connectivity index (χ2v) is 11.2. The fourth-order valence-corrected chi connectivity index (χ4v) is 4.99. The van der Waals surface area contributed by atoms with Crippen LogP contribution in [0.2, 0.25) is 0 Å². The molecule has 2 aliphatic rings. The van der Waals surface area contributed by atoms with Crippen LogP contribution in [0.1, 0.15) is 51.2 Å². The molecule has 40 heavy (non-hydrogen) atoms. The van der Waals surface area contributed by atoms with E-state index in [9.17, 15) is 18.8 Å². The molecule has 0 radical (unpaired) electrons. The average molecular weight is 553 g/mol. The molecule has 0 spiro atoms. The van der Waals surface area contributed by atoms with E-state index in [0.29, 0.717) is 24.9 Å². The van der Waals surface area contributed by atoms with Gasteiger partial charge in [0, 0.05) is 26.1 Å². The SMILES string of the molecule is C[C@@H]1CCc2ccccc2O[C@H](C)CN[C@@H](C2CC2)C(=O)N(C)[C@H](C)C(=O)N[C@H](Cc2ccc(F)cc2)C(=O)N1. The van der Waals surface area contributed by atoms with Crippen LogP contribution in [0, 0.1) is 11.7 Å². The lowest BCUT2D eigenvalue weighted by Crippen LogP contribution is -2.57. The van der Waals surface area contributed by atoms with E-state index < -0.39 is 24.0 Å². The van der Waals surface area contributed by atoms with Gasteiger partial charge in [0.1, 0.15) is 29.8 Å². The lowest BCUT2D eigenvalue weighted by atomic mass is 10.0. The maximum atomic E-state index is 13.5. The summed E-state index contributed by atoms with van der Waals surface area (Å²) in [6, 6.07) is 11.5. The third-order valence-electron chi connectivity index (χ3n) is 7.81. The summed E-state index contributed by atoms with van der Waals surface area (Å²) in [6.45, 7) is 6.05. The highest BCUT2D eigenvalue weighted by molar-refractivity contribution is 5.93. The Labute approximate surface area is 236 Å². The number of halogens is 1. The molecule has 0 aromatic heterocycles. The third-order valence-corrected chi connectivity index (χ3v) is 7.81. The van der Waals surface area contributed by atoms with Crippen molar-refractivity contribution in [3.63, 3.8) is 0 Å². The molecule has 1 saturated carbocycles. The van der Waals surface area contributed by atoms with E-state index in [-0.39, 0.29) is 42.1 Å². The highest BCUT2D eigenvalue weighted by Gasteiger charge is 2.39. The van der Waals surface area contributed by atoms with E-state index in [1.807, 2.05) is 38.1 Å². The molecule has 0 saturated heterocycles. The number of nitrogens with zero attached hydrogens (tertiary/aromatic N) is 1. The molecule has 5 atom stereocenters. The quantitative estimate of drug-likeness (QED) is 0.544. The summed E-state index contributed by atoms with van der Waals surface area (Å²) >= 11 is 0. The number of carbonyl (C=O) groups is 3. The predicted molar refractivity (Wildman–Crippen MR) is 151 cm³/mol. The second-order valence-electron chi connectivity index (χ2n) is 11.2. The molecule has 3 N–H and O–H groups in total. The summed E-state index contributed by atoms with van der Waals surface area (Å²) in [4.78, 5) is 41.7. The van der Waals surface area contributed by atoms with E-state index in [4.69, 9.17) is 4.74 Å². The van der Waals surface area contributed by atoms with Crippen LogP contribution in [0.5, 0.6) is 5.75 Å². The first-order chi connectivity index (χ1) is 19.1. The first kappa shape index (κ1) is 29.5. The molecule has 2 aromatic rings. The Morgan fingerprint density at radius 2 is 1.62 bits per heavy atom. The number of carbonyl (C=O) groups excluding carboxylic acids is 3. The minimum absolute atomic E-state index is 0.160. The Morgan fingerprint density at radius 3 is 2.33 bits per heavy atom. The zero-order valence-corrected chi connectivity index (χ0v) is 23.8. The first-order valence-corrected chi connectivity index (χ1v) is 14.2. The van der Waals surface area contributed by atoms with Crippen LogP contribution >= 0.6 is 0 Å². The Balaban J connectivity index is 1.59. The summed E-state index contributed by atoms with van der Waals surface area (Å²) in [5.41, 5.74) is 1.75. The number of fused-ring (bicyclic) bond motifs is 1. The van der Waals surface area contributed by atoms with Gasteiger partial charge >= 0.3 is 0 Å². The number of nitrogens with one attached hydrogen (secondary N) is 3. The van der Waals surface area contributed by atoms with Crippen LogP contribution in [0.4, 0.5) is 4.39 Å². The van der Waals surface area contributed by atoms with Crippen LogP contribution in [0.25, 0.3) is 0 Å². The first-order valence-electron chi connectivity index (χ1n) is 14.2. The maximum absolute atomic E-state index is 13.5. The van der Waals surface area contributed by atoms with E-state index in [0.717, 1.165) is 24.2 Å². The summed E-state index contributed by atoms with van der Waals surface area (Å²) in [7, 11) is 1.62. The smallest absolute Gasteiger partial charge is 0.243 e. The number of rotatable bonds is 3. The fourth-order valence-electron chi connectivity index (χ4n) is 4.99. The van der Waals surface area contributed by atoms with E-state index in [2.05, 4.69) is 16.0 Å². The minimum atomic E-state index is -0.890. The summed E-state index contributed by atoms with van der Waals surface area (Å²) in [5, 5.41) is 9.29. The Bertz CT molecular complexity index is 1190. The summed E-state index contributed by atoms with van der Waals surface area (Å²) < 4.78 is 19.8. The molecular weight excluding hydrogens is 511 g/mol. The van der Waals surface area contributed by atoms with Crippen molar-refractivity contribution >= 4 is 17.7 Å². The summed E-state index contributed by atoms with van der Waals surface area (Å²) in [6.07, 6.45) is 3.28. The Morgan fingerprint density at radius 1 is 0.925 bits per heavy atom. The molecule has 1 fully saturated rings. The van der Waals surface area contributed by atoms with Crippen molar-refractivity contribution in [3.8, 4) is 5.75 Å². The number of para-hydroxylation sites is 1. The highest BCUT2D eigenvalue weighted by atomic mass is 19.1. The number of aryl methyl sites for hydroxylation is 1. The molecule has 0 bridgehead atoms. The van der Waals surface area contributed by atoms with Gasteiger partial charge in [-0.15, -0.1) is 0 Å². The number of amides is 3. The van der Waals surface area contributed by atoms with Crippen molar-refractivity contribution in [2.24, 2.45) is 5.92 Å². The van der Waals surface area contributed by atoms with Crippen LogP contribution in [0.15, 0.2) is 48.5 Å². The van der Waals surface area contributed by atoms with E-state index in [1.54, 1.807) is 26.1 Å². The zero-order chi connectivity index (χ0) is 28.8. The van der Waals surface area contributed by atoms with Crippen LogP contribution in [0.3, 0.4) is 0 Å². The standard InChI is InChI=1S/C31H41FN4O4/c1-19-9-12-23-7-5-6-8-27(23)40-20(2)18-33-28(24-13-14-24)31(39)36(4)21(3)29(37)35-26(30(38)34-19)17-22-10-15-25(32)16-11-22/h5-8,10-11,15-16,19-21,24,26,28,33H,9,12-14,17-18H2,1-4H3,(H,34,38)(H,35,37)/t19-,20-,21-,26-,28+/m1/s1. The summed E-state index contributed by atoms with van der Waals surface area (Å²) in [5.74, 6) is -0.282. The molecule has 3 amide bonds. The van der Waals surface area contributed by atoms with Crippen molar-refractivity contribution in [3.05, 3.63) is 65.5 Å². The number of likely N-dealkylation sites (N-methyl/N-ethyl adjacent to an activating group) is 1. The van der Waals surface area contributed by atoms with Crippen molar-refractivity contribution in [1.82, 2.24) is 20.9 Å². The van der Waals surface area contributed by atoms with Crippen LogP contribution in [-0.4, -0.2) is 66.5 Å². The van der Waals surface area contributed by atoms with Gasteiger partial charge in [-0.3, -0.25) is 14.4 Å². The molecule has 216 valence electrons. The number of hydrogen-bond acceptors (Lipinski definition) is 5. The van der Waals surface area contributed by atoms with Crippen LogP contribution in [-0.2, 0) is 27.2 Å². The average Bonchev–Trinajstić information content (AvgIpc) is 3.77. The van der Waals surface area contributed by atoms with Gasteiger partial charge in [-0.1, -0.05) is 30.3 Å². The van der Waals surface area contributed by atoms with Crippen molar-refractivity contribution in [1.29, 1.82) is 0 Å². The molecule has 1 aliphatic heterocycles. The van der Waals surface area contributed by atoms with Gasteiger partial charge in [-0.25, -0.2) is 4.39 Å². The van der Waals surface area contributed by atoms with Gasteiger partial charge < -0.3 is 25.6 Å². The molecule has 1 aliphatic carbocycles. The lowest BCUT2D eigenvalue weighted by molar-refractivity contribution is -0.141. The zero-order valence-electron chi connectivity index (χ0n) is 23.8. The number of ether oxygens (including phenoxy) is 1. The van der Waals surface area contributed by atoms with Crippen molar-refractivity contribution in [2.45, 2.75) is 83.1 Å².